The van der Waals surface area contributed by atoms with E-state index in [0.717, 1.165) is 33.4 Å². The lowest BCUT2D eigenvalue weighted by atomic mass is 9.99. The summed E-state index contributed by atoms with van der Waals surface area (Å²) in [5, 5.41) is 2.92. The van der Waals surface area contributed by atoms with E-state index < -0.39 is 5.97 Å². The van der Waals surface area contributed by atoms with Gasteiger partial charge in [-0.3, -0.25) is 4.79 Å². The van der Waals surface area contributed by atoms with Gasteiger partial charge in [0.2, 0.25) is 5.91 Å². The molecule has 1 aliphatic rings. The number of carbonyl (C=O) groups is 2. The average Bonchev–Trinajstić information content (AvgIpc) is 3.54. The lowest BCUT2D eigenvalue weighted by molar-refractivity contribution is -0.120. The second-order valence-corrected chi connectivity index (χ2v) is 8.63. The molecule has 0 saturated carbocycles. The second kappa shape index (κ2) is 11.7. The van der Waals surface area contributed by atoms with E-state index in [2.05, 4.69) is 5.32 Å². The summed E-state index contributed by atoms with van der Waals surface area (Å²) < 4.78 is 27.0. The average molecular weight is 518 g/mol. The molecule has 4 rings (SSSR count). The Balaban J connectivity index is 1.74. The van der Waals surface area contributed by atoms with Crippen LogP contribution in [0.5, 0.6) is 17.2 Å². The number of rotatable bonds is 10. The summed E-state index contributed by atoms with van der Waals surface area (Å²) in [6, 6.07) is 13.0. The maximum atomic E-state index is 12.9. The highest BCUT2D eigenvalue weighted by atomic mass is 16.5. The van der Waals surface area contributed by atoms with Gasteiger partial charge in [0.05, 0.1) is 47.2 Å². The third-order valence-electron chi connectivity index (χ3n) is 6.39. The molecular weight excluding hydrogens is 486 g/mol. The lowest BCUT2D eigenvalue weighted by Crippen LogP contribution is -2.22. The van der Waals surface area contributed by atoms with E-state index in [4.69, 9.17) is 23.4 Å². The van der Waals surface area contributed by atoms with E-state index in [1.807, 2.05) is 37.3 Å². The fraction of sp³-hybridized carbons (Fsp3) is 0.267. The van der Waals surface area contributed by atoms with E-state index in [-0.39, 0.29) is 24.5 Å². The summed E-state index contributed by atoms with van der Waals surface area (Å²) >= 11 is 0. The van der Waals surface area contributed by atoms with Crippen LogP contribution >= 0.6 is 0 Å². The minimum absolute atomic E-state index is 0.118. The predicted molar refractivity (Wildman–Crippen MR) is 144 cm³/mol. The molecule has 8 nitrogen and oxygen atoms in total. The Morgan fingerprint density at radius 3 is 2.32 bits per heavy atom. The summed E-state index contributed by atoms with van der Waals surface area (Å²) in [5.41, 5.74) is 5.73. The van der Waals surface area contributed by atoms with Crippen LogP contribution < -0.4 is 19.5 Å². The zero-order valence-corrected chi connectivity index (χ0v) is 22.2. The van der Waals surface area contributed by atoms with Crippen molar-refractivity contribution in [1.82, 2.24) is 5.32 Å². The number of benzene rings is 2. The molecular formula is C30H31NO7. The van der Waals surface area contributed by atoms with Gasteiger partial charge in [-0.25, -0.2) is 4.79 Å². The molecule has 0 spiro atoms. The molecule has 1 aliphatic carbocycles. The summed E-state index contributed by atoms with van der Waals surface area (Å²) in [6.07, 6.45) is 3.76. The molecule has 1 N–H and O–H groups in total. The Morgan fingerprint density at radius 1 is 0.974 bits per heavy atom. The Kier molecular flexibility index (Phi) is 8.21. The van der Waals surface area contributed by atoms with Gasteiger partial charge in [-0.2, -0.15) is 0 Å². The number of allylic oxidation sites excluding steroid dienone is 2. The van der Waals surface area contributed by atoms with Crippen LogP contribution in [0.2, 0.25) is 0 Å². The highest BCUT2D eigenvalue weighted by molar-refractivity contribution is 6.08. The van der Waals surface area contributed by atoms with E-state index in [1.54, 1.807) is 38.5 Å². The number of furan rings is 1. The van der Waals surface area contributed by atoms with Crippen LogP contribution in [0.15, 0.2) is 58.7 Å². The van der Waals surface area contributed by atoms with Gasteiger partial charge in [-0.05, 0) is 89.7 Å². The SMILES string of the molecule is CCOC(=O)c1c(OC)cc(/C=C2/C(C)=C(CC(=O)NCc3ccco3)c3cc(OC)ccc32)cc1OC. The minimum Gasteiger partial charge on any atom is -0.497 e. The first kappa shape index (κ1) is 26.6. The highest BCUT2D eigenvalue weighted by Gasteiger charge is 2.27. The number of amides is 1. The summed E-state index contributed by atoms with van der Waals surface area (Å²) in [6.45, 7) is 4.29. The van der Waals surface area contributed by atoms with E-state index >= 15 is 0 Å². The van der Waals surface area contributed by atoms with Crippen molar-refractivity contribution >= 4 is 29.1 Å². The molecule has 0 atom stereocenters. The smallest absolute Gasteiger partial charge is 0.345 e. The number of hydrogen-bond acceptors (Lipinski definition) is 7. The summed E-state index contributed by atoms with van der Waals surface area (Å²) in [7, 11) is 4.61. The Bertz CT molecular complexity index is 1370. The third-order valence-corrected chi connectivity index (χ3v) is 6.39. The van der Waals surface area contributed by atoms with Crippen molar-refractivity contribution in [3.05, 3.63) is 82.3 Å². The number of methoxy groups -OCH3 is 3. The van der Waals surface area contributed by atoms with Crippen LogP contribution in [0, 0.1) is 0 Å². The number of carbonyl (C=O) groups excluding carboxylic acids is 2. The molecule has 3 aromatic rings. The van der Waals surface area contributed by atoms with Crippen LogP contribution in [0.3, 0.4) is 0 Å². The molecule has 8 heteroatoms. The van der Waals surface area contributed by atoms with Gasteiger partial charge in [0, 0.05) is 0 Å². The maximum Gasteiger partial charge on any atom is 0.345 e. The fourth-order valence-electron chi connectivity index (χ4n) is 4.52. The standard InChI is InChI=1S/C30H31NO7/c1-6-37-30(33)29-26(35-4)13-19(14-27(29)36-5)12-23-18(2)24(25-15-20(34-3)9-10-22(23)25)16-28(32)31-17-21-8-7-11-38-21/h7-15H,6,16-17H2,1-5H3,(H,31,32)/b23-12-. The topological polar surface area (TPSA) is 96.2 Å². The minimum atomic E-state index is -0.516. The number of hydrogen-bond donors (Lipinski definition) is 1. The molecule has 0 saturated heterocycles. The molecule has 0 bridgehead atoms. The van der Waals surface area contributed by atoms with Gasteiger partial charge in [0.15, 0.2) is 0 Å². The Hall–Kier alpha value is -4.46. The Labute approximate surface area is 221 Å². The molecule has 198 valence electrons. The maximum absolute atomic E-state index is 12.9. The highest BCUT2D eigenvalue weighted by Crippen LogP contribution is 2.45. The van der Waals surface area contributed by atoms with E-state index in [1.165, 1.54) is 14.2 Å². The molecule has 1 amide bonds. The molecule has 0 aliphatic heterocycles. The first-order valence-corrected chi connectivity index (χ1v) is 12.2. The summed E-state index contributed by atoms with van der Waals surface area (Å²) in [4.78, 5) is 25.4. The van der Waals surface area contributed by atoms with Crippen molar-refractivity contribution in [2.75, 3.05) is 27.9 Å². The van der Waals surface area contributed by atoms with Crippen molar-refractivity contribution in [3.8, 4) is 17.2 Å². The van der Waals surface area contributed by atoms with Crippen molar-refractivity contribution in [2.24, 2.45) is 0 Å². The lowest BCUT2D eigenvalue weighted by Gasteiger charge is -2.14. The number of esters is 1. The zero-order valence-electron chi connectivity index (χ0n) is 22.2. The Morgan fingerprint density at radius 2 is 1.71 bits per heavy atom. The van der Waals surface area contributed by atoms with Crippen LogP contribution in [0.1, 0.15) is 53.1 Å². The predicted octanol–water partition coefficient (Wildman–Crippen LogP) is 5.52. The first-order chi connectivity index (χ1) is 18.4. The number of ether oxygens (including phenoxy) is 4. The second-order valence-electron chi connectivity index (χ2n) is 8.63. The fourth-order valence-corrected chi connectivity index (χ4v) is 4.52. The van der Waals surface area contributed by atoms with Crippen molar-refractivity contribution in [1.29, 1.82) is 0 Å². The van der Waals surface area contributed by atoms with Crippen molar-refractivity contribution < 1.29 is 33.0 Å². The van der Waals surface area contributed by atoms with Crippen LogP contribution in [-0.4, -0.2) is 39.8 Å². The normalized spacial score (nSPS) is 13.3. The number of fused-ring (bicyclic) bond motifs is 1. The van der Waals surface area contributed by atoms with Crippen molar-refractivity contribution in [3.63, 3.8) is 0 Å². The molecule has 2 aromatic carbocycles. The molecule has 0 unspecified atom stereocenters. The molecule has 0 fully saturated rings. The van der Waals surface area contributed by atoms with Crippen LogP contribution in [-0.2, 0) is 16.1 Å². The van der Waals surface area contributed by atoms with E-state index in [0.29, 0.717) is 29.6 Å². The van der Waals surface area contributed by atoms with Crippen molar-refractivity contribution in [2.45, 2.75) is 26.8 Å². The van der Waals surface area contributed by atoms with Gasteiger partial charge >= 0.3 is 5.97 Å². The zero-order chi connectivity index (χ0) is 27.2. The first-order valence-electron chi connectivity index (χ1n) is 12.2. The molecule has 1 heterocycles. The molecule has 0 radical (unpaired) electrons. The van der Waals surface area contributed by atoms with Gasteiger partial charge in [0.1, 0.15) is 28.6 Å². The quantitative estimate of drug-likeness (QED) is 0.354. The van der Waals surface area contributed by atoms with E-state index in [9.17, 15) is 9.59 Å². The van der Waals surface area contributed by atoms with Gasteiger partial charge in [0.25, 0.3) is 0 Å². The third kappa shape index (κ3) is 5.44. The van der Waals surface area contributed by atoms with Crippen LogP contribution in [0.4, 0.5) is 0 Å². The van der Waals surface area contributed by atoms with Gasteiger partial charge in [-0.1, -0.05) is 6.07 Å². The monoisotopic (exact) mass is 517 g/mol. The molecule has 1 aromatic heterocycles. The van der Waals surface area contributed by atoms with Gasteiger partial charge < -0.3 is 28.7 Å². The van der Waals surface area contributed by atoms with Gasteiger partial charge in [-0.15, -0.1) is 0 Å². The number of nitrogens with one attached hydrogen (secondary N) is 1. The molecule has 38 heavy (non-hydrogen) atoms. The summed E-state index contributed by atoms with van der Waals surface area (Å²) in [5.74, 6) is 1.45. The van der Waals surface area contributed by atoms with Crippen LogP contribution in [0.25, 0.3) is 17.2 Å². The largest absolute Gasteiger partial charge is 0.497 e.